The number of carbonyl (C=O) groups excluding carboxylic acids is 3. The summed E-state index contributed by atoms with van der Waals surface area (Å²) in [6, 6.07) is 20.6. The summed E-state index contributed by atoms with van der Waals surface area (Å²) in [7, 11) is 1.29. The zero-order chi connectivity index (χ0) is 25.8. The first-order valence-corrected chi connectivity index (χ1v) is 12.6. The summed E-state index contributed by atoms with van der Waals surface area (Å²) in [5, 5.41) is -0.0536. The van der Waals surface area contributed by atoms with Crippen LogP contribution in [0.3, 0.4) is 0 Å². The molecule has 188 valence electrons. The van der Waals surface area contributed by atoms with Crippen LogP contribution in [0, 0.1) is 5.92 Å². The second-order valence-corrected chi connectivity index (χ2v) is 9.37. The number of pyridine rings is 1. The van der Waals surface area contributed by atoms with Gasteiger partial charge in [-0.25, -0.2) is 0 Å². The van der Waals surface area contributed by atoms with E-state index in [0.717, 1.165) is 22.9 Å². The van der Waals surface area contributed by atoms with Gasteiger partial charge in [0.1, 0.15) is 18.9 Å². The Morgan fingerprint density at radius 1 is 0.972 bits per heavy atom. The number of rotatable bonds is 12. The second kappa shape index (κ2) is 14.0. The Morgan fingerprint density at radius 2 is 1.69 bits per heavy atom. The number of hydrogen-bond donors (Lipinski definition) is 0. The summed E-state index contributed by atoms with van der Waals surface area (Å²) in [6.07, 6.45) is 4.67. The van der Waals surface area contributed by atoms with Crippen molar-refractivity contribution in [3.05, 3.63) is 90.3 Å². The van der Waals surface area contributed by atoms with Crippen LogP contribution in [0.5, 0.6) is 5.75 Å². The Balaban J connectivity index is 1.76. The number of aromatic nitrogens is 1. The number of aryl methyl sites for hydroxylation is 1. The SMILES string of the molecule is COC(=O)CN(C(=O)C(CCc1ccccc1)CSC(C)=O)c1ccc(OCc2cccnc2)cc1. The van der Waals surface area contributed by atoms with Crippen molar-refractivity contribution in [3.8, 4) is 5.75 Å². The minimum absolute atomic E-state index is 0.0536. The van der Waals surface area contributed by atoms with Crippen LogP contribution in [0.25, 0.3) is 0 Å². The lowest BCUT2D eigenvalue weighted by Crippen LogP contribution is -2.41. The highest BCUT2D eigenvalue weighted by Crippen LogP contribution is 2.25. The van der Waals surface area contributed by atoms with Crippen molar-refractivity contribution in [1.29, 1.82) is 0 Å². The number of hydrogen-bond acceptors (Lipinski definition) is 7. The van der Waals surface area contributed by atoms with Crippen molar-refractivity contribution in [2.45, 2.75) is 26.4 Å². The Morgan fingerprint density at radius 3 is 2.33 bits per heavy atom. The van der Waals surface area contributed by atoms with Gasteiger partial charge in [-0.05, 0) is 48.7 Å². The molecule has 1 amide bonds. The second-order valence-electron chi connectivity index (χ2n) is 8.17. The van der Waals surface area contributed by atoms with Gasteiger partial charge in [-0.3, -0.25) is 19.4 Å². The van der Waals surface area contributed by atoms with Gasteiger partial charge < -0.3 is 14.4 Å². The molecule has 3 aromatic rings. The molecule has 1 atom stereocenters. The summed E-state index contributed by atoms with van der Waals surface area (Å²) < 4.78 is 10.7. The number of thioether (sulfide) groups is 1. The van der Waals surface area contributed by atoms with Crippen LogP contribution < -0.4 is 9.64 Å². The molecule has 0 spiro atoms. The molecule has 0 aliphatic rings. The minimum atomic E-state index is -0.527. The van der Waals surface area contributed by atoms with Crippen LogP contribution in [0.4, 0.5) is 5.69 Å². The molecule has 36 heavy (non-hydrogen) atoms. The van der Waals surface area contributed by atoms with E-state index in [4.69, 9.17) is 9.47 Å². The van der Waals surface area contributed by atoms with E-state index in [2.05, 4.69) is 4.98 Å². The molecule has 3 rings (SSSR count). The van der Waals surface area contributed by atoms with Crippen molar-refractivity contribution in [3.63, 3.8) is 0 Å². The highest BCUT2D eigenvalue weighted by Gasteiger charge is 2.28. The van der Waals surface area contributed by atoms with Gasteiger partial charge in [-0.1, -0.05) is 48.2 Å². The van der Waals surface area contributed by atoms with E-state index in [1.165, 1.54) is 18.9 Å². The number of ether oxygens (including phenoxy) is 2. The van der Waals surface area contributed by atoms with Crippen molar-refractivity contribution >= 4 is 34.4 Å². The van der Waals surface area contributed by atoms with E-state index in [1.54, 1.807) is 36.7 Å². The molecule has 7 nitrogen and oxygen atoms in total. The maximum Gasteiger partial charge on any atom is 0.325 e. The lowest BCUT2D eigenvalue weighted by Gasteiger charge is -2.27. The largest absolute Gasteiger partial charge is 0.489 e. The monoisotopic (exact) mass is 506 g/mol. The van der Waals surface area contributed by atoms with Gasteiger partial charge in [0.05, 0.1) is 7.11 Å². The Bertz CT molecular complexity index is 1120. The summed E-state index contributed by atoms with van der Waals surface area (Å²) in [4.78, 5) is 43.0. The number of nitrogens with zero attached hydrogens (tertiary/aromatic N) is 2. The molecule has 0 aliphatic carbocycles. The van der Waals surface area contributed by atoms with Crippen LogP contribution >= 0.6 is 11.8 Å². The first-order chi connectivity index (χ1) is 17.5. The standard InChI is InChI=1S/C28H30N2O5S/c1-21(31)36-20-24(11-10-22-7-4-3-5-8-22)28(33)30(18-27(32)34-2)25-12-14-26(15-13-25)35-19-23-9-6-16-29-17-23/h3-9,12-17,24H,10-11,18-20H2,1-2H3. The lowest BCUT2D eigenvalue weighted by molar-refractivity contribution is -0.140. The first-order valence-electron chi connectivity index (χ1n) is 11.6. The average molecular weight is 507 g/mol. The fourth-order valence-electron chi connectivity index (χ4n) is 3.56. The van der Waals surface area contributed by atoms with E-state index in [-0.39, 0.29) is 17.6 Å². The summed E-state index contributed by atoms with van der Waals surface area (Å²) in [5.74, 6) is -0.244. The van der Waals surface area contributed by atoms with Gasteiger partial charge >= 0.3 is 5.97 Å². The zero-order valence-electron chi connectivity index (χ0n) is 20.5. The first kappa shape index (κ1) is 26.9. The molecule has 0 fully saturated rings. The van der Waals surface area contributed by atoms with E-state index in [0.29, 0.717) is 36.6 Å². The van der Waals surface area contributed by atoms with Crippen molar-refractivity contribution in [2.75, 3.05) is 24.3 Å². The summed E-state index contributed by atoms with van der Waals surface area (Å²) in [6.45, 7) is 1.62. The number of methoxy groups -OCH3 is 1. The van der Waals surface area contributed by atoms with Crippen molar-refractivity contribution < 1.29 is 23.9 Å². The maximum atomic E-state index is 13.7. The zero-order valence-corrected chi connectivity index (χ0v) is 21.3. The van der Waals surface area contributed by atoms with Gasteiger partial charge in [0.25, 0.3) is 0 Å². The quantitative estimate of drug-likeness (QED) is 0.329. The number of amides is 1. The normalized spacial score (nSPS) is 11.4. The molecule has 1 heterocycles. The van der Waals surface area contributed by atoms with Gasteiger partial charge in [0.2, 0.25) is 5.91 Å². The molecule has 0 saturated carbocycles. The predicted octanol–water partition coefficient (Wildman–Crippen LogP) is 4.70. The number of esters is 1. The highest BCUT2D eigenvalue weighted by molar-refractivity contribution is 8.13. The third-order valence-corrected chi connectivity index (χ3v) is 6.49. The third-order valence-electron chi connectivity index (χ3n) is 5.52. The fourth-order valence-corrected chi connectivity index (χ4v) is 4.31. The molecular weight excluding hydrogens is 476 g/mol. The van der Waals surface area contributed by atoms with Gasteiger partial charge in [0, 0.05) is 42.2 Å². The Kier molecular flexibility index (Phi) is 10.5. The van der Waals surface area contributed by atoms with E-state index in [1.807, 2.05) is 42.5 Å². The highest BCUT2D eigenvalue weighted by atomic mass is 32.2. The van der Waals surface area contributed by atoms with Crippen LogP contribution in [0.1, 0.15) is 24.5 Å². The van der Waals surface area contributed by atoms with Crippen LogP contribution in [-0.4, -0.2) is 41.4 Å². The van der Waals surface area contributed by atoms with E-state index >= 15 is 0 Å². The number of anilines is 1. The Labute approximate surface area is 215 Å². The van der Waals surface area contributed by atoms with Crippen LogP contribution in [0.15, 0.2) is 79.1 Å². The lowest BCUT2D eigenvalue weighted by atomic mass is 9.99. The van der Waals surface area contributed by atoms with Crippen molar-refractivity contribution in [1.82, 2.24) is 4.98 Å². The summed E-state index contributed by atoms with van der Waals surface area (Å²) >= 11 is 1.12. The summed E-state index contributed by atoms with van der Waals surface area (Å²) in [5.41, 5.74) is 2.60. The van der Waals surface area contributed by atoms with E-state index in [9.17, 15) is 14.4 Å². The minimum Gasteiger partial charge on any atom is -0.489 e. The molecule has 1 unspecified atom stereocenters. The molecular formula is C28H30N2O5S. The number of benzene rings is 2. The maximum absolute atomic E-state index is 13.7. The van der Waals surface area contributed by atoms with E-state index < -0.39 is 11.9 Å². The molecule has 0 saturated heterocycles. The average Bonchev–Trinajstić information content (AvgIpc) is 2.91. The molecule has 0 N–H and O–H groups in total. The molecule has 1 aromatic heterocycles. The van der Waals surface area contributed by atoms with Crippen LogP contribution in [0.2, 0.25) is 0 Å². The van der Waals surface area contributed by atoms with Gasteiger partial charge in [-0.2, -0.15) is 0 Å². The molecule has 0 aliphatic heterocycles. The topological polar surface area (TPSA) is 85.8 Å². The predicted molar refractivity (Wildman–Crippen MR) is 141 cm³/mol. The molecule has 8 heteroatoms. The fraction of sp³-hybridized carbons (Fsp3) is 0.286. The third kappa shape index (κ3) is 8.53. The Hall–Kier alpha value is -3.65. The smallest absolute Gasteiger partial charge is 0.325 e. The van der Waals surface area contributed by atoms with Crippen molar-refractivity contribution in [2.24, 2.45) is 5.92 Å². The molecule has 2 aromatic carbocycles. The molecule has 0 radical (unpaired) electrons. The van der Waals surface area contributed by atoms with Gasteiger partial charge in [0.15, 0.2) is 5.12 Å². The number of carbonyl (C=O) groups is 3. The van der Waals surface area contributed by atoms with Gasteiger partial charge in [-0.15, -0.1) is 0 Å². The molecule has 0 bridgehead atoms. The van der Waals surface area contributed by atoms with Crippen LogP contribution in [-0.2, 0) is 32.1 Å².